The summed E-state index contributed by atoms with van der Waals surface area (Å²) in [5.41, 5.74) is 3.12. The van der Waals surface area contributed by atoms with Crippen LogP contribution in [0.3, 0.4) is 0 Å². The van der Waals surface area contributed by atoms with Crippen LogP contribution >= 0.6 is 15.9 Å². The van der Waals surface area contributed by atoms with E-state index in [2.05, 4.69) is 25.9 Å². The van der Waals surface area contributed by atoms with Gasteiger partial charge in [-0.2, -0.15) is 0 Å². The molecule has 0 spiro atoms. The van der Waals surface area contributed by atoms with E-state index in [0.29, 0.717) is 28.2 Å². The topological polar surface area (TPSA) is 95.9 Å². The van der Waals surface area contributed by atoms with Crippen molar-refractivity contribution >= 4 is 44.9 Å². The molecule has 0 unspecified atom stereocenters. The van der Waals surface area contributed by atoms with Crippen molar-refractivity contribution in [1.29, 1.82) is 0 Å². The number of phenolic OH excluding ortho intramolecular Hbond substituents is 1. The first-order chi connectivity index (χ1) is 13.5. The van der Waals surface area contributed by atoms with E-state index in [4.69, 9.17) is 9.52 Å². The van der Waals surface area contributed by atoms with Gasteiger partial charge in [-0.25, -0.2) is 9.78 Å². The Kier molecular flexibility index (Phi) is 4.67. The Labute approximate surface area is 167 Å². The Bertz CT molecular complexity index is 1230. The average Bonchev–Trinajstić information content (AvgIpc) is 3.10. The summed E-state index contributed by atoms with van der Waals surface area (Å²) in [4.78, 5) is 19.9. The molecule has 0 atom stereocenters. The number of carboxylic acids is 1. The number of hydrogen-bond acceptors (Lipinski definition) is 5. The fourth-order valence-electron chi connectivity index (χ4n) is 2.68. The van der Waals surface area contributed by atoms with Crippen molar-refractivity contribution in [3.8, 4) is 17.2 Å². The number of nitrogens with zero attached hydrogens (tertiary/aromatic N) is 2. The monoisotopic (exact) mass is 436 g/mol. The molecule has 4 aromatic rings. The Balaban J connectivity index is 1.66. The lowest BCUT2D eigenvalue weighted by Gasteiger charge is -2.00. The zero-order chi connectivity index (χ0) is 19.7. The number of aromatic nitrogens is 1. The summed E-state index contributed by atoms with van der Waals surface area (Å²) in [6, 6.07) is 17.0. The highest BCUT2D eigenvalue weighted by atomic mass is 79.9. The Morgan fingerprint density at radius 1 is 1.11 bits per heavy atom. The number of rotatable bonds is 4. The van der Waals surface area contributed by atoms with E-state index in [0.717, 1.165) is 10.0 Å². The Morgan fingerprint density at radius 2 is 1.96 bits per heavy atom. The molecule has 3 aromatic carbocycles. The summed E-state index contributed by atoms with van der Waals surface area (Å²) < 4.78 is 6.73. The Morgan fingerprint density at radius 3 is 2.75 bits per heavy atom. The minimum atomic E-state index is -1.07. The lowest BCUT2D eigenvalue weighted by atomic mass is 10.1. The highest BCUT2D eigenvalue weighted by molar-refractivity contribution is 9.10. The number of halogens is 1. The molecule has 1 heterocycles. The number of carboxylic acid groups (broad SMARTS) is 1. The van der Waals surface area contributed by atoms with Gasteiger partial charge in [-0.1, -0.05) is 22.0 Å². The number of aromatic hydroxyl groups is 1. The summed E-state index contributed by atoms with van der Waals surface area (Å²) in [7, 11) is 0. The van der Waals surface area contributed by atoms with Gasteiger partial charge in [0.1, 0.15) is 11.3 Å². The maximum atomic E-state index is 11.1. The fraction of sp³-hybridized carbons (Fsp3) is 0. The summed E-state index contributed by atoms with van der Waals surface area (Å²) in [6.45, 7) is 0. The van der Waals surface area contributed by atoms with Gasteiger partial charge in [0.25, 0.3) is 0 Å². The minimum Gasteiger partial charge on any atom is -0.507 e. The number of carbonyl (C=O) groups is 1. The second-order valence-corrected chi connectivity index (χ2v) is 6.93. The van der Waals surface area contributed by atoms with E-state index in [1.165, 1.54) is 24.4 Å². The quantitative estimate of drug-likeness (QED) is 0.416. The van der Waals surface area contributed by atoms with Gasteiger partial charge in [0.2, 0.25) is 5.89 Å². The first kappa shape index (κ1) is 17.9. The first-order valence-corrected chi connectivity index (χ1v) is 9.06. The van der Waals surface area contributed by atoms with Crippen LogP contribution in [0.15, 0.2) is 74.5 Å². The normalized spacial score (nSPS) is 11.3. The molecule has 0 saturated heterocycles. The molecule has 138 valence electrons. The molecule has 0 aliphatic heterocycles. The van der Waals surface area contributed by atoms with E-state index < -0.39 is 5.97 Å². The number of hydrogen-bond donors (Lipinski definition) is 2. The second-order valence-electron chi connectivity index (χ2n) is 6.02. The molecule has 4 rings (SSSR count). The van der Waals surface area contributed by atoms with Gasteiger partial charge in [0.15, 0.2) is 5.58 Å². The fourth-order valence-corrected chi connectivity index (χ4v) is 3.08. The van der Waals surface area contributed by atoms with E-state index in [9.17, 15) is 9.90 Å². The van der Waals surface area contributed by atoms with Crippen LogP contribution in [0, 0.1) is 0 Å². The highest BCUT2D eigenvalue weighted by Gasteiger charge is 2.10. The predicted molar refractivity (Wildman–Crippen MR) is 109 cm³/mol. The number of fused-ring (bicyclic) bond motifs is 1. The third-order valence-electron chi connectivity index (χ3n) is 4.07. The SMILES string of the molecule is O=C(O)c1ccc(O)c(C=Nc2ccc3oc(-c4cccc(Br)c4)nc3c2)c1. The summed E-state index contributed by atoms with van der Waals surface area (Å²) in [5.74, 6) is -0.615. The molecule has 28 heavy (non-hydrogen) atoms. The molecule has 6 nitrogen and oxygen atoms in total. The molecule has 0 bridgehead atoms. The highest BCUT2D eigenvalue weighted by Crippen LogP contribution is 2.28. The van der Waals surface area contributed by atoms with Gasteiger partial charge in [-0.3, -0.25) is 4.99 Å². The molecule has 2 N–H and O–H groups in total. The molecular formula is C21H13BrN2O4. The predicted octanol–water partition coefficient (Wildman–Crippen LogP) is 5.41. The summed E-state index contributed by atoms with van der Waals surface area (Å²) in [6.07, 6.45) is 1.41. The molecule has 0 aliphatic rings. The van der Waals surface area contributed by atoms with Gasteiger partial charge in [-0.15, -0.1) is 0 Å². The van der Waals surface area contributed by atoms with E-state index in [-0.39, 0.29) is 11.3 Å². The smallest absolute Gasteiger partial charge is 0.335 e. The van der Waals surface area contributed by atoms with Crippen molar-refractivity contribution < 1.29 is 19.4 Å². The third kappa shape index (κ3) is 3.65. The molecular weight excluding hydrogens is 424 g/mol. The average molecular weight is 437 g/mol. The van der Waals surface area contributed by atoms with Crippen LogP contribution in [0.5, 0.6) is 5.75 Å². The van der Waals surface area contributed by atoms with Crippen molar-refractivity contribution in [3.63, 3.8) is 0 Å². The summed E-state index contributed by atoms with van der Waals surface area (Å²) in [5, 5.41) is 19.0. The Hall–Kier alpha value is -3.45. The third-order valence-corrected chi connectivity index (χ3v) is 4.56. The van der Waals surface area contributed by atoms with Crippen molar-refractivity contribution in [3.05, 3.63) is 76.3 Å². The zero-order valence-electron chi connectivity index (χ0n) is 14.3. The second kappa shape index (κ2) is 7.28. The van der Waals surface area contributed by atoms with Crippen molar-refractivity contribution in [1.82, 2.24) is 4.98 Å². The van der Waals surface area contributed by atoms with Crippen LogP contribution in [-0.4, -0.2) is 27.4 Å². The number of phenols is 1. The number of aromatic carboxylic acids is 1. The number of oxazole rings is 1. The van der Waals surface area contributed by atoms with Crippen molar-refractivity contribution in [2.75, 3.05) is 0 Å². The molecule has 0 aliphatic carbocycles. The van der Waals surface area contributed by atoms with Crippen LogP contribution < -0.4 is 0 Å². The summed E-state index contributed by atoms with van der Waals surface area (Å²) >= 11 is 3.43. The molecule has 0 radical (unpaired) electrons. The van der Waals surface area contributed by atoms with Gasteiger partial charge in [0.05, 0.1) is 11.3 Å². The van der Waals surface area contributed by atoms with Crippen LogP contribution in [0.4, 0.5) is 5.69 Å². The largest absolute Gasteiger partial charge is 0.507 e. The standard InChI is InChI=1S/C21H13BrN2O4/c22-15-3-1-2-12(9-15)20-24-17-10-16(5-7-19(17)28-20)23-11-14-8-13(21(26)27)4-6-18(14)25/h1-11,25H,(H,26,27). The van der Waals surface area contributed by atoms with E-state index in [1.807, 2.05) is 24.3 Å². The number of benzene rings is 3. The maximum absolute atomic E-state index is 11.1. The van der Waals surface area contributed by atoms with E-state index >= 15 is 0 Å². The van der Waals surface area contributed by atoms with Gasteiger partial charge in [0, 0.05) is 21.8 Å². The number of aliphatic imine (C=N–C) groups is 1. The lowest BCUT2D eigenvalue weighted by Crippen LogP contribution is -1.97. The van der Waals surface area contributed by atoms with Crippen LogP contribution in [0.25, 0.3) is 22.6 Å². The van der Waals surface area contributed by atoms with Gasteiger partial charge < -0.3 is 14.6 Å². The van der Waals surface area contributed by atoms with Crippen molar-refractivity contribution in [2.24, 2.45) is 4.99 Å². The first-order valence-electron chi connectivity index (χ1n) is 8.26. The van der Waals surface area contributed by atoms with Crippen LogP contribution in [0.2, 0.25) is 0 Å². The van der Waals surface area contributed by atoms with Crippen LogP contribution in [0.1, 0.15) is 15.9 Å². The minimum absolute atomic E-state index is 0.0480. The van der Waals surface area contributed by atoms with Crippen molar-refractivity contribution in [2.45, 2.75) is 0 Å². The lowest BCUT2D eigenvalue weighted by molar-refractivity contribution is 0.0697. The zero-order valence-corrected chi connectivity index (χ0v) is 15.9. The van der Waals surface area contributed by atoms with Crippen LogP contribution in [-0.2, 0) is 0 Å². The van der Waals surface area contributed by atoms with Gasteiger partial charge >= 0.3 is 5.97 Å². The molecule has 1 aromatic heterocycles. The molecule has 0 saturated carbocycles. The maximum Gasteiger partial charge on any atom is 0.335 e. The molecule has 0 amide bonds. The van der Waals surface area contributed by atoms with E-state index in [1.54, 1.807) is 18.2 Å². The molecule has 0 fully saturated rings. The van der Waals surface area contributed by atoms with Gasteiger partial charge in [-0.05, 0) is 54.6 Å². The molecule has 7 heteroatoms.